The van der Waals surface area contributed by atoms with Gasteiger partial charge in [-0.25, -0.2) is 0 Å². The standard InChI is InChI=1S/C77H118O6/c1-4-7-10-13-16-19-22-25-28-31-34-35-36-37-38-39-40-41-44-46-49-52-55-58-61-64-67-70-76(79)82-73-74(83-77(80)71-68-65-62-59-56-53-50-47-43-33-30-27-24-21-18-15-12-9-6-3)72-81-75(78)69-66-63-60-57-54-51-48-45-42-32-29-26-23-20-17-14-11-8-5-2/h7-12,16-21,25-30,34-35,37-38,40-43,45-47,49,53,56,74H,4-6,13-15,22-24,31-33,36,39,44,48,50-52,54-55,57-73H2,1-3H3/b10-7-,11-8-,12-9-,19-16-,20-17-,21-18-,28-25-,29-26-,30-27-,35-34-,38-37-,41-40-,45-42-,47-43-,49-46-,56-53-. The molecule has 0 rings (SSSR count). The lowest BCUT2D eigenvalue weighted by atomic mass is 10.1. The second-order valence-electron chi connectivity index (χ2n) is 20.9. The van der Waals surface area contributed by atoms with Gasteiger partial charge in [-0.1, -0.05) is 267 Å². The third-order valence-electron chi connectivity index (χ3n) is 13.1. The number of esters is 3. The average molecular weight is 1140 g/mol. The lowest BCUT2D eigenvalue weighted by Gasteiger charge is -2.18. The molecular weight excluding hydrogens is 1020 g/mol. The van der Waals surface area contributed by atoms with Crippen molar-refractivity contribution in [2.45, 2.75) is 258 Å². The van der Waals surface area contributed by atoms with E-state index in [1.165, 1.54) is 12.8 Å². The van der Waals surface area contributed by atoms with Crippen LogP contribution in [0.3, 0.4) is 0 Å². The number of carbonyl (C=O) groups excluding carboxylic acids is 3. The molecule has 0 radical (unpaired) electrons. The van der Waals surface area contributed by atoms with Gasteiger partial charge in [0.15, 0.2) is 6.10 Å². The van der Waals surface area contributed by atoms with Crippen LogP contribution in [0.4, 0.5) is 0 Å². The van der Waals surface area contributed by atoms with Gasteiger partial charge in [0.1, 0.15) is 13.2 Å². The first-order chi connectivity index (χ1) is 41.0. The van der Waals surface area contributed by atoms with Gasteiger partial charge in [0.05, 0.1) is 0 Å². The molecule has 0 amide bonds. The molecule has 1 atom stereocenters. The fourth-order valence-electron chi connectivity index (χ4n) is 8.26. The van der Waals surface area contributed by atoms with Crippen LogP contribution in [0, 0.1) is 0 Å². The molecule has 0 bridgehead atoms. The zero-order chi connectivity index (χ0) is 59.9. The van der Waals surface area contributed by atoms with E-state index in [9.17, 15) is 14.4 Å². The third-order valence-corrected chi connectivity index (χ3v) is 13.1. The van der Waals surface area contributed by atoms with E-state index in [1.807, 2.05) is 0 Å². The molecule has 0 fully saturated rings. The van der Waals surface area contributed by atoms with E-state index in [0.29, 0.717) is 19.3 Å². The zero-order valence-electron chi connectivity index (χ0n) is 52.9. The molecule has 6 heteroatoms. The third kappa shape index (κ3) is 66.9. The first-order valence-corrected chi connectivity index (χ1v) is 32.9. The topological polar surface area (TPSA) is 78.9 Å². The Balaban J connectivity index is 4.54. The molecule has 0 saturated carbocycles. The SMILES string of the molecule is CC/C=C\C/C=C\C/C=C\C/C=C\C/C=C\C/C=C\C/C=C\CCCCCCCC(=O)OCC(COC(=O)CCCCCCCC/C=C\C/C=C\C/C=C\C/C=C\CC)OC(=O)CCCCC/C=C\C/C=C\C/C=C\C/C=C\C/C=C\CC. The highest BCUT2D eigenvalue weighted by molar-refractivity contribution is 5.71. The summed E-state index contributed by atoms with van der Waals surface area (Å²) in [7, 11) is 0. The summed E-state index contributed by atoms with van der Waals surface area (Å²) in [6.07, 6.45) is 104. The fourth-order valence-corrected chi connectivity index (χ4v) is 8.26. The van der Waals surface area contributed by atoms with E-state index in [2.05, 4.69) is 215 Å². The highest BCUT2D eigenvalue weighted by Crippen LogP contribution is 2.13. The molecule has 462 valence electrons. The van der Waals surface area contributed by atoms with Gasteiger partial charge in [-0.2, -0.15) is 0 Å². The Bertz CT molecular complexity index is 1990. The maximum atomic E-state index is 12.9. The van der Waals surface area contributed by atoms with Crippen LogP contribution in [0.15, 0.2) is 194 Å². The van der Waals surface area contributed by atoms with Crippen molar-refractivity contribution < 1.29 is 28.6 Å². The maximum Gasteiger partial charge on any atom is 0.306 e. The molecule has 0 N–H and O–H groups in total. The lowest BCUT2D eigenvalue weighted by Crippen LogP contribution is -2.30. The summed E-state index contributed by atoms with van der Waals surface area (Å²) in [4.78, 5) is 38.4. The molecule has 83 heavy (non-hydrogen) atoms. The van der Waals surface area contributed by atoms with Crippen LogP contribution < -0.4 is 0 Å². The first kappa shape index (κ1) is 77.2. The Hall–Kier alpha value is -5.75. The second kappa shape index (κ2) is 68.7. The Morgan fingerprint density at radius 3 is 0.687 bits per heavy atom. The quantitative estimate of drug-likeness (QED) is 0.0261. The summed E-state index contributed by atoms with van der Waals surface area (Å²) in [5, 5.41) is 0. The molecule has 0 spiro atoms. The minimum atomic E-state index is -0.825. The summed E-state index contributed by atoms with van der Waals surface area (Å²) in [5.41, 5.74) is 0. The van der Waals surface area contributed by atoms with Crippen molar-refractivity contribution in [3.63, 3.8) is 0 Å². The number of ether oxygens (including phenoxy) is 3. The first-order valence-electron chi connectivity index (χ1n) is 32.9. The number of hydrogen-bond acceptors (Lipinski definition) is 6. The van der Waals surface area contributed by atoms with Crippen LogP contribution in [-0.2, 0) is 28.6 Å². The van der Waals surface area contributed by atoms with E-state index in [0.717, 1.165) is 193 Å². The molecule has 6 nitrogen and oxygen atoms in total. The smallest absolute Gasteiger partial charge is 0.306 e. The average Bonchev–Trinajstić information content (AvgIpc) is 3.50. The van der Waals surface area contributed by atoms with Crippen molar-refractivity contribution >= 4 is 17.9 Å². The van der Waals surface area contributed by atoms with E-state index in [-0.39, 0.29) is 37.5 Å². The molecule has 0 aliphatic heterocycles. The molecule has 1 unspecified atom stereocenters. The lowest BCUT2D eigenvalue weighted by molar-refractivity contribution is -0.167. The minimum Gasteiger partial charge on any atom is -0.462 e. The van der Waals surface area contributed by atoms with Gasteiger partial charge < -0.3 is 14.2 Å². The van der Waals surface area contributed by atoms with Gasteiger partial charge in [-0.15, -0.1) is 0 Å². The van der Waals surface area contributed by atoms with Gasteiger partial charge >= 0.3 is 17.9 Å². The Morgan fingerprint density at radius 2 is 0.434 bits per heavy atom. The van der Waals surface area contributed by atoms with Crippen molar-refractivity contribution in [1.29, 1.82) is 0 Å². The molecular formula is C77H118O6. The van der Waals surface area contributed by atoms with Gasteiger partial charge in [0.2, 0.25) is 0 Å². The van der Waals surface area contributed by atoms with Crippen LogP contribution in [0.5, 0.6) is 0 Å². The van der Waals surface area contributed by atoms with E-state index in [1.54, 1.807) is 0 Å². The Kier molecular flexibility index (Phi) is 64.0. The maximum absolute atomic E-state index is 12.9. The van der Waals surface area contributed by atoms with Crippen molar-refractivity contribution in [2.75, 3.05) is 13.2 Å². The summed E-state index contributed by atoms with van der Waals surface area (Å²) < 4.78 is 16.9. The number of allylic oxidation sites excluding steroid dienone is 32. The van der Waals surface area contributed by atoms with Crippen LogP contribution in [-0.4, -0.2) is 37.2 Å². The molecule has 0 saturated heterocycles. The summed E-state index contributed by atoms with van der Waals surface area (Å²) in [6.45, 7) is 6.23. The fraction of sp³-hybridized carbons (Fsp3) is 0.545. The Morgan fingerprint density at radius 1 is 0.241 bits per heavy atom. The predicted molar refractivity (Wildman–Crippen MR) is 361 cm³/mol. The van der Waals surface area contributed by atoms with Gasteiger partial charge in [-0.3, -0.25) is 14.4 Å². The van der Waals surface area contributed by atoms with Crippen molar-refractivity contribution in [1.82, 2.24) is 0 Å². The number of carbonyl (C=O) groups is 3. The monoisotopic (exact) mass is 1140 g/mol. The number of unbranched alkanes of at least 4 members (excludes halogenated alkanes) is 14. The summed E-state index contributed by atoms with van der Waals surface area (Å²) >= 11 is 0. The zero-order valence-corrected chi connectivity index (χ0v) is 52.9. The van der Waals surface area contributed by atoms with Crippen LogP contribution in [0.25, 0.3) is 0 Å². The van der Waals surface area contributed by atoms with Crippen LogP contribution in [0.1, 0.15) is 252 Å². The molecule has 0 aliphatic carbocycles. The molecule has 0 heterocycles. The number of rotatable bonds is 57. The van der Waals surface area contributed by atoms with Crippen molar-refractivity contribution in [2.24, 2.45) is 0 Å². The largest absolute Gasteiger partial charge is 0.462 e. The molecule has 0 aliphatic rings. The van der Waals surface area contributed by atoms with E-state index < -0.39 is 6.10 Å². The highest BCUT2D eigenvalue weighted by Gasteiger charge is 2.19. The molecule has 0 aromatic heterocycles. The predicted octanol–water partition coefficient (Wildman–Crippen LogP) is 23.0. The van der Waals surface area contributed by atoms with Crippen LogP contribution in [0.2, 0.25) is 0 Å². The minimum absolute atomic E-state index is 0.116. The summed E-state index contributed by atoms with van der Waals surface area (Å²) in [5.74, 6) is -0.988. The molecule has 0 aromatic carbocycles. The Labute approximate surface area is 509 Å². The summed E-state index contributed by atoms with van der Waals surface area (Å²) in [6, 6.07) is 0. The van der Waals surface area contributed by atoms with E-state index >= 15 is 0 Å². The number of hydrogen-bond donors (Lipinski definition) is 0. The van der Waals surface area contributed by atoms with Crippen molar-refractivity contribution in [3.05, 3.63) is 194 Å². The highest BCUT2D eigenvalue weighted by atomic mass is 16.6. The normalized spacial score (nSPS) is 13.4. The van der Waals surface area contributed by atoms with Gasteiger partial charge in [0.25, 0.3) is 0 Å². The van der Waals surface area contributed by atoms with E-state index in [4.69, 9.17) is 14.2 Å². The van der Waals surface area contributed by atoms with Crippen molar-refractivity contribution in [3.8, 4) is 0 Å². The van der Waals surface area contributed by atoms with Gasteiger partial charge in [-0.05, 0) is 161 Å². The van der Waals surface area contributed by atoms with Crippen LogP contribution >= 0.6 is 0 Å². The second-order valence-corrected chi connectivity index (χ2v) is 20.9. The molecule has 0 aromatic rings. The van der Waals surface area contributed by atoms with Gasteiger partial charge in [0, 0.05) is 19.3 Å².